The number of ketones is 2. The fourth-order valence-electron chi connectivity index (χ4n) is 1.84. The molecule has 3 rings (SSSR count). The first-order valence-electron chi connectivity index (χ1n) is 5.90. The second-order valence-corrected chi connectivity index (χ2v) is 4.82. The van der Waals surface area contributed by atoms with E-state index >= 15 is 0 Å². The van der Waals surface area contributed by atoms with Gasteiger partial charge in [0.15, 0.2) is 0 Å². The highest BCUT2D eigenvalue weighted by atomic mass is 32.1. The predicted molar refractivity (Wildman–Crippen MR) is 75.1 cm³/mol. The minimum absolute atomic E-state index is 0.159. The van der Waals surface area contributed by atoms with Gasteiger partial charge in [0.2, 0.25) is 5.78 Å². The molecule has 0 atom stereocenters. The standard InChI is InChI=1S/C14H9N3O2S/c1-8-3-2-4-11(15-8)14(19)13(18)9-5-6-10-12(7-9)17-20-16-10/h2-7H,1H3. The third-order valence-corrected chi connectivity index (χ3v) is 3.40. The van der Waals surface area contributed by atoms with E-state index in [9.17, 15) is 9.59 Å². The van der Waals surface area contributed by atoms with Gasteiger partial charge in [0.25, 0.3) is 5.78 Å². The summed E-state index contributed by atoms with van der Waals surface area (Å²) in [5.41, 5.74) is 2.49. The lowest BCUT2D eigenvalue weighted by Gasteiger charge is -2.01. The van der Waals surface area contributed by atoms with Crippen molar-refractivity contribution < 1.29 is 9.59 Å². The Morgan fingerprint density at radius 2 is 1.80 bits per heavy atom. The minimum Gasteiger partial charge on any atom is -0.285 e. The molecular weight excluding hydrogens is 274 g/mol. The van der Waals surface area contributed by atoms with Gasteiger partial charge in [0, 0.05) is 11.3 Å². The number of Topliss-reactive ketones (excluding diaryl/α,β-unsaturated/α-hetero) is 2. The highest BCUT2D eigenvalue weighted by molar-refractivity contribution is 7.00. The molecule has 1 aromatic carbocycles. The molecule has 20 heavy (non-hydrogen) atoms. The van der Waals surface area contributed by atoms with Crippen molar-refractivity contribution in [1.29, 1.82) is 0 Å². The summed E-state index contributed by atoms with van der Waals surface area (Å²) >= 11 is 1.07. The zero-order chi connectivity index (χ0) is 14.1. The number of pyridine rings is 1. The Kier molecular flexibility index (Phi) is 3.08. The highest BCUT2D eigenvalue weighted by Crippen LogP contribution is 2.15. The second kappa shape index (κ2) is 4.90. The van der Waals surface area contributed by atoms with Gasteiger partial charge in [-0.25, -0.2) is 4.98 Å². The molecule has 0 bridgehead atoms. The summed E-state index contributed by atoms with van der Waals surface area (Å²) in [5.74, 6) is -1.20. The van der Waals surface area contributed by atoms with Crippen LogP contribution < -0.4 is 0 Å². The maximum absolute atomic E-state index is 12.2. The average molecular weight is 283 g/mol. The first-order chi connectivity index (χ1) is 9.65. The fourth-order valence-corrected chi connectivity index (χ4v) is 2.36. The molecule has 0 aliphatic carbocycles. The van der Waals surface area contributed by atoms with Gasteiger partial charge in [-0.2, -0.15) is 8.75 Å². The Bertz CT molecular complexity index is 826. The number of carbonyl (C=O) groups is 2. The topological polar surface area (TPSA) is 72.8 Å². The summed E-state index contributed by atoms with van der Waals surface area (Å²) < 4.78 is 8.12. The smallest absolute Gasteiger partial charge is 0.251 e. The van der Waals surface area contributed by atoms with Crippen LogP contribution in [-0.2, 0) is 0 Å². The molecule has 0 fully saturated rings. The average Bonchev–Trinajstić information content (AvgIpc) is 2.93. The van der Waals surface area contributed by atoms with Crippen LogP contribution in [0.3, 0.4) is 0 Å². The molecule has 0 spiro atoms. The molecule has 0 saturated carbocycles. The van der Waals surface area contributed by atoms with Crippen LogP contribution in [0.2, 0.25) is 0 Å². The summed E-state index contributed by atoms with van der Waals surface area (Å²) in [6.45, 7) is 1.77. The van der Waals surface area contributed by atoms with Crippen LogP contribution in [0.15, 0.2) is 36.4 Å². The molecule has 0 aliphatic rings. The van der Waals surface area contributed by atoms with E-state index in [2.05, 4.69) is 13.7 Å². The van der Waals surface area contributed by atoms with Crippen molar-refractivity contribution in [2.24, 2.45) is 0 Å². The SMILES string of the molecule is Cc1cccc(C(=O)C(=O)c2ccc3nsnc3c2)n1. The van der Waals surface area contributed by atoms with Crippen molar-refractivity contribution in [3.05, 3.63) is 53.3 Å². The molecule has 0 N–H and O–H groups in total. The van der Waals surface area contributed by atoms with Gasteiger partial charge in [-0.15, -0.1) is 0 Å². The van der Waals surface area contributed by atoms with Crippen molar-refractivity contribution in [3.63, 3.8) is 0 Å². The molecule has 0 saturated heterocycles. The lowest BCUT2D eigenvalue weighted by Crippen LogP contribution is -2.16. The Morgan fingerprint density at radius 3 is 2.60 bits per heavy atom. The molecule has 98 valence electrons. The van der Waals surface area contributed by atoms with Gasteiger partial charge in [0.1, 0.15) is 16.7 Å². The van der Waals surface area contributed by atoms with Crippen LogP contribution in [0.25, 0.3) is 11.0 Å². The largest absolute Gasteiger partial charge is 0.285 e. The van der Waals surface area contributed by atoms with Crippen LogP contribution in [-0.4, -0.2) is 25.3 Å². The van der Waals surface area contributed by atoms with E-state index in [0.717, 1.165) is 11.7 Å². The quantitative estimate of drug-likeness (QED) is 0.545. The first kappa shape index (κ1) is 12.6. The third kappa shape index (κ3) is 2.21. The van der Waals surface area contributed by atoms with Gasteiger partial charge < -0.3 is 0 Å². The van der Waals surface area contributed by atoms with Crippen molar-refractivity contribution >= 4 is 34.3 Å². The van der Waals surface area contributed by atoms with Gasteiger partial charge in [0.05, 0.1) is 11.7 Å². The highest BCUT2D eigenvalue weighted by Gasteiger charge is 2.20. The lowest BCUT2D eigenvalue weighted by atomic mass is 10.0. The summed E-state index contributed by atoms with van der Waals surface area (Å²) in [6.07, 6.45) is 0. The fraction of sp³-hybridized carbons (Fsp3) is 0.0714. The lowest BCUT2D eigenvalue weighted by molar-refractivity contribution is 0.0814. The summed E-state index contributed by atoms with van der Waals surface area (Å²) in [6, 6.07) is 9.86. The van der Waals surface area contributed by atoms with Crippen LogP contribution in [0.1, 0.15) is 26.5 Å². The van der Waals surface area contributed by atoms with Crippen molar-refractivity contribution in [2.75, 3.05) is 0 Å². The van der Waals surface area contributed by atoms with Gasteiger partial charge in [-0.3, -0.25) is 9.59 Å². The monoisotopic (exact) mass is 283 g/mol. The normalized spacial score (nSPS) is 10.7. The van der Waals surface area contributed by atoms with E-state index in [4.69, 9.17) is 0 Å². The number of aryl methyl sites for hydroxylation is 1. The van der Waals surface area contributed by atoms with Crippen molar-refractivity contribution in [3.8, 4) is 0 Å². The molecule has 3 aromatic rings. The molecule has 0 aliphatic heterocycles. The van der Waals surface area contributed by atoms with Crippen LogP contribution in [0, 0.1) is 6.92 Å². The van der Waals surface area contributed by atoms with E-state index in [0.29, 0.717) is 22.3 Å². The molecule has 5 nitrogen and oxygen atoms in total. The Hall–Kier alpha value is -2.47. The number of hydrogen-bond donors (Lipinski definition) is 0. The van der Waals surface area contributed by atoms with Crippen LogP contribution in [0.4, 0.5) is 0 Å². The maximum atomic E-state index is 12.2. The van der Waals surface area contributed by atoms with Crippen LogP contribution >= 0.6 is 11.7 Å². The van der Waals surface area contributed by atoms with E-state index in [1.54, 1.807) is 37.3 Å². The minimum atomic E-state index is -0.615. The molecule has 2 heterocycles. The number of fused-ring (bicyclic) bond motifs is 1. The predicted octanol–water partition coefficient (Wildman–Crippen LogP) is 2.46. The third-order valence-electron chi connectivity index (χ3n) is 2.84. The Labute approximate surface area is 118 Å². The Morgan fingerprint density at radius 1 is 1.00 bits per heavy atom. The van der Waals surface area contributed by atoms with E-state index in [1.807, 2.05) is 0 Å². The summed E-state index contributed by atoms with van der Waals surface area (Å²) in [5, 5.41) is 0. The second-order valence-electron chi connectivity index (χ2n) is 4.29. The van der Waals surface area contributed by atoms with Crippen molar-refractivity contribution in [1.82, 2.24) is 13.7 Å². The molecule has 0 amide bonds. The van der Waals surface area contributed by atoms with Crippen LogP contribution in [0.5, 0.6) is 0 Å². The van der Waals surface area contributed by atoms with E-state index in [1.165, 1.54) is 6.07 Å². The van der Waals surface area contributed by atoms with Gasteiger partial charge >= 0.3 is 0 Å². The molecular formula is C14H9N3O2S. The van der Waals surface area contributed by atoms with E-state index < -0.39 is 11.6 Å². The first-order valence-corrected chi connectivity index (χ1v) is 6.63. The summed E-state index contributed by atoms with van der Waals surface area (Å²) in [7, 11) is 0. The zero-order valence-corrected chi connectivity index (χ0v) is 11.3. The maximum Gasteiger partial charge on any atom is 0.251 e. The summed E-state index contributed by atoms with van der Waals surface area (Å²) in [4.78, 5) is 28.4. The van der Waals surface area contributed by atoms with Gasteiger partial charge in [-0.05, 0) is 37.3 Å². The van der Waals surface area contributed by atoms with Crippen molar-refractivity contribution in [2.45, 2.75) is 6.92 Å². The van der Waals surface area contributed by atoms with Gasteiger partial charge in [-0.1, -0.05) is 6.07 Å². The number of rotatable bonds is 3. The molecule has 6 heteroatoms. The Balaban J connectivity index is 1.97. The molecule has 0 unspecified atom stereocenters. The number of benzene rings is 1. The number of nitrogens with zero attached hydrogens (tertiary/aromatic N) is 3. The molecule has 0 radical (unpaired) electrons. The number of aromatic nitrogens is 3. The van der Waals surface area contributed by atoms with E-state index in [-0.39, 0.29) is 5.69 Å². The number of hydrogen-bond acceptors (Lipinski definition) is 6. The zero-order valence-electron chi connectivity index (χ0n) is 10.5. The molecule has 2 aromatic heterocycles. The number of carbonyl (C=O) groups excluding carboxylic acids is 2.